The van der Waals surface area contributed by atoms with Gasteiger partial charge in [0.15, 0.2) is 5.82 Å². The molecule has 0 aliphatic rings. The quantitative estimate of drug-likeness (QED) is 0.549. The van der Waals surface area contributed by atoms with E-state index in [9.17, 15) is 23.1 Å². The van der Waals surface area contributed by atoms with Gasteiger partial charge in [0.1, 0.15) is 17.5 Å². The van der Waals surface area contributed by atoms with E-state index >= 15 is 0 Å². The van der Waals surface area contributed by atoms with Gasteiger partial charge in [-0.3, -0.25) is 18.9 Å². The van der Waals surface area contributed by atoms with Crippen molar-refractivity contribution in [1.82, 2.24) is 29.1 Å². The number of alkyl halides is 3. The summed E-state index contributed by atoms with van der Waals surface area (Å²) in [6.07, 6.45) is 2.43. The second kappa shape index (κ2) is 7.34. The second-order valence-corrected chi connectivity index (χ2v) is 6.62. The van der Waals surface area contributed by atoms with Crippen LogP contribution in [0.15, 0.2) is 54.2 Å². The first-order valence-corrected chi connectivity index (χ1v) is 8.84. The van der Waals surface area contributed by atoms with E-state index in [4.69, 9.17) is 0 Å². The Bertz CT molecular complexity index is 1250. The van der Waals surface area contributed by atoms with Crippen LogP contribution < -0.4 is 5.56 Å². The molecule has 0 saturated heterocycles. The van der Waals surface area contributed by atoms with Crippen LogP contribution in [0.4, 0.5) is 13.2 Å². The molecule has 1 atom stereocenters. The number of halogens is 3. The zero-order valence-electron chi connectivity index (χ0n) is 15.6. The van der Waals surface area contributed by atoms with Crippen molar-refractivity contribution in [2.75, 3.05) is 6.61 Å². The third-order valence-electron chi connectivity index (χ3n) is 4.59. The zero-order valence-corrected chi connectivity index (χ0v) is 15.6. The summed E-state index contributed by atoms with van der Waals surface area (Å²) in [6, 6.07) is 3.05. The first-order chi connectivity index (χ1) is 14.3. The second-order valence-electron chi connectivity index (χ2n) is 6.62. The number of aliphatic hydroxyl groups excluding tert-OH is 1. The van der Waals surface area contributed by atoms with Gasteiger partial charge in [-0.05, 0) is 25.1 Å². The minimum absolute atomic E-state index is 0.200. The number of imidazole rings is 1. The van der Waals surface area contributed by atoms with Gasteiger partial charge in [0.05, 0.1) is 30.1 Å². The molecule has 4 aromatic rings. The summed E-state index contributed by atoms with van der Waals surface area (Å²) in [7, 11) is 0. The minimum Gasteiger partial charge on any atom is -0.394 e. The summed E-state index contributed by atoms with van der Waals surface area (Å²) in [6.45, 7) is 1.40. The molecule has 0 fully saturated rings. The maximum atomic E-state index is 13.0. The highest BCUT2D eigenvalue weighted by atomic mass is 19.4. The van der Waals surface area contributed by atoms with Gasteiger partial charge in [0, 0.05) is 24.2 Å². The van der Waals surface area contributed by atoms with Crippen LogP contribution in [0.5, 0.6) is 0 Å². The summed E-state index contributed by atoms with van der Waals surface area (Å²) in [5.41, 5.74) is -0.589. The molecule has 0 amide bonds. The minimum atomic E-state index is -4.56. The molecule has 4 aromatic heterocycles. The number of aromatic nitrogens is 6. The number of hydrogen-bond donors (Lipinski definition) is 1. The molecule has 1 N–H and O–H groups in total. The van der Waals surface area contributed by atoms with Crippen molar-refractivity contribution in [3.05, 3.63) is 65.5 Å². The van der Waals surface area contributed by atoms with Gasteiger partial charge in [-0.15, -0.1) is 0 Å². The molecule has 0 aliphatic heterocycles. The highest BCUT2D eigenvalue weighted by Crippen LogP contribution is 2.29. The average molecular weight is 416 g/mol. The molecule has 0 bridgehead atoms. The molecule has 0 aromatic carbocycles. The first kappa shape index (κ1) is 19.7. The molecule has 0 saturated carbocycles. The lowest BCUT2D eigenvalue weighted by molar-refractivity contribution is -0.141. The molecule has 11 heteroatoms. The molecule has 4 heterocycles. The van der Waals surface area contributed by atoms with Gasteiger partial charge in [0.25, 0.3) is 5.56 Å². The predicted octanol–water partition coefficient (Wildman–Crippen LogP) is 2.61. The Hall–Kier alpha value is -3.60. The zero-order chi connectivity index (χ0) is 21.5. The van der Waals surface area contributed by atoms with E-state index in [1.807, 2.05) is 0 Å². The largest absolute Gasteiger partial charge is 0.433 e. The van der Waals surface area contributed by atoms with Gasteiger partial charge in [-0.2, -0.15) is 13.2 Å². The van der Waals surface area contributed by atoms with E-state index in [-0.39, 0.29) is 17.7 Å². The number of hydrogen-bond acceptors (Lipinski definition) is 6. The maximum absolute atomic E-state index is 13.0. The molecule has 0 aliphatic carbocycles. The Kier molecular flexibility index (Phi) is 4.82. The number of fused-ring (bicyclic) bond motifs is 1. The Balaban J connectivity index is 1.96. The number of pyridine rings is 2. The highest BCUT2D eigenvalue weighted by molar-refractivity contribution is 5.87. The van der Waals surface area contributed by atoms with Crippen molar-refractivity contribution in [2.24, 2.45) is 0 Å². The summed E-state index contributed by atoms with van der Waals surface area (Å²) in [5, 5.41) is 9.60. The van der Waals surface area contributed by atoms with Crippen LogP contribution in [-0.4, -0.2) is 40.8 Å². The molecule has 8 nitrogen and oxygen atoms in total. The first-order valence-electron chi connectivity index (χ1n) is 8.84. The molecule has 154 valence electrons. The van der Waals surface area contributed by atoms with E-state index < -0.39 is 23.5 Å². The smallest absolute Gasteiger partial charge is 0.394 e. The third-order valence-corrected chi connectivity index (χ3v) is 4.59. The normalized spacial score (nSPS) is 13.0. The standard InChI is InChI=1S/C19H15F3N6O2/c1-11(8-29)28-10-25-16-13(18(28)30)6-14(26-17(16)27-5-4-23-9-27)12-2-3-15(24-7-12)19(20,21)22/h2-7,9-11,29H,8H2,1H3. The predicted molar refractivity (Wildman–Crippen MR) is 101 cm³/mol. The number of aliphatic hydroxyl groups is 1. The van der Waals surface area contributed by atoms with Crippen molar-refractivity contribution >= 4 is 10.9 Å². The third kappa shape index (κ3) is 3.43. The van der Waals surface area contributed by atoms with Crippen LogP contribution in [0.25, 0.3) is 28.0 Å². The summed E-state index contributed by atoms with van der Waals surface area (Å²) in [4.78, 5) is 29.3. The van der Waals surface area contributed by atoms with Crippen LogP contribution in [0.2, 0.25) is 0 Å². The molecule has 0 radical (unpaired) electrons. The topological polar surface area (TPSA) is 98.7 Å². The molecule has 4 rings (SSSR count). The Morgan fingerprint density at radius 3 is 2.60 bits per heavy atom. The van der Waals surface area contributed by atoms with Crippen LogP contribution in [0.3, 0.4) is 0 Å². The fraction of sp³-hybridized carbons (Fsp3) is 0.211. The fourth-order valence-corrected chi connectivity index (χ4v) is 2.95. The van der Waals surface area contributed by atoms with Crippen molar-refractivity contribution < 1.29 is 18.3 Å². The van der Waals surface area contributed by atoms with E-state index in [2.05, 4.69) is 19.9 Å². The van der Waals surface area contributed by atoms with Crippen LogP contribution in [-0.2, 0) is 6.18 Å². The van der Waals surface area contributed by atoms with Gasteiger partial charge in [0.2, 0.25) is 0 Å². The lowest BCUT2D eigenvalue weighted by Crippen LogP contribution is -2.26. The molecule has 0 spiro atoms. The van der Waals surface area contributed by atoms with E-state index in [0.717, 1.165) is 12.3 Å². The van der Waals surface area contributed by atoms with Crippen LogP contribution in [0.1, 0.15) is 18.7 Å². The summed E-state index contributed by atoms with van der Waals surface area (Å²) in [5.74, 6) is 0.292. The van der Waals surface area contributed by atoms with Crippen molar-refractivity contribution in [3.63, 3.8) is 0 Å². The van der Waals surface area contributed by atoms with E-state index in [0.29, 0.717) is 16.9 Å². The Labute approximate surface area is 167 Å². The number of rotatable bonds is 4. The molecular weight excluding hydrogens is 401 g/mol. The summed E-state index contributed by atoms with van der Waals surface area (Å²) < 4.78 is 41.3. The maximum Gasteiger partial charge on any atom is 0.433 e. The average Bonchev–Trinajstić information content (AvgIpc) is 3.27. The lowest BCUT2D eigenvalue weighted by Gasteiger charge is -2.14. The van der Waals surface area contributed by atoms with Crippen molar-refractivity contribution in [3.8, 4) is 17.1 Å². The molecule has 30 heavy (non-hydrogen) atoms. The summed E-state index contributed by atoms with van der Waals surface area (Å²) >= 11 is 0. The number of nitrogens with zero attached hydrogens (tertiary/aromatic N) is 6. The SMILES string of the molecule is CC(CO)n1cnc2c(-n3ccnc3)nc(-c3ccc(C(F)(F)F)nc3)cc2c1=O. The van der Waals surface area contributed by atoms with E-state index in [1.165, 1.54) is 35.6 Å². The highest BCUT2D eigenvalue weighted by Gasteiger charge is 2.32. The van der Waals surface area contributed by atoms with Gasteiger partial charge in [-0.25, -0.2) is 15.0 Å². The van der Waals surface area contributed by atoms with E-state index in [1.54, 1.807) is 17.7 Å². The van der Waals surface area contributed by atoms with Crippen molar-refractivity contribution in [2.45, 2.75) is 19.1 Å². The fourth-order valence-electron chi connectivity index (χ4n) is 2.95. The Morgan fingerprint density at radius 2 is 2.00 bits per heavy atom. The Morgan fingerprint density at radius 1 is 1.20 bits per heavy atom. The van der Waals surface area contributed by atoms with Crippen molar-refractivity contribution in [1.29, 1.82) is 0 Å². The lowest BCUT2D eigenvalue weighted by atomic mass is 10.1. The van der Waals surface area contributed by atoms with Gasteiger partial charge < -0.3 is 5.11 Å². The van der Waals surface area contributed by atoms with Gasteiger partial charge >= 0.3 is 6.18 Å². The van der Waals surface area contributed by atoms with Crippen LogP contribution in [0, 0.1) is 0 Å². The molecule has 1 unspecified atom stereocenters. The van der Waals surface area contributed by atoms with Gasteiger partial charge in [-0.1, -0.05) is 0 Å². The monoisotopic (exact) mass is 416 g/mol. The molecular formula is C19H15F3N6O2. The van der Waals surface area contributed by atoms with Crippen LogP contribution >= 0.6 is 0 Å².